The number of hydrogen-bond acceptors (Lipinski definition) is 3. The Morgan fingerprint density at radius 1 is 1.33 bits per heavy atom. The third kappa shape index (κ3) is 2.45. The fourth-order valence-corrected chi connectivity index (χ4v) is 1.71. The minimum atomic E-state index is -0.506. The predicted octanol–water partition coefficient (Wildman–Crippen LogP) is 2.05. The van der Waals surface area contributed by atoms with Gasteiger partial charge in [0.1, 0.15) is 5.82 Å². The zero-order valence-electron chi connectivity index (χ0n) is 10.1. The highest BCUT2D eigenvalue weighted by Crippen LogP contribution is 2.21. The number of carbonyl (C=O) groups is 1. The molecule has 0 saturated heterocycles. The second-order valence-corrected chi connectivity index (χ2v) is 3.73. The van der Waals surface area contributed by atoms with Crippen LogP contribution in [-0.2, 0) is 0 Å². The van der Waals surface area contributed by atoms with E-state index in [2.05, 4.69) is 9.97 Å². The molecule has 2 heterocycles. The summed E-state index contributed by atoms with van der Waals surface area (Å²) < 4.78 is 0. The minimum Gasteiger partial charge on any atom is -0.351 e. The smallest absolute Gasteiger partial charge is 0.320 e. The van der Waals surface area contributed by atoms with Gasteiger partial charge in [-0.05, 0) is 30.7 Å². The van der Waals surface area contributed by atoms with Gasteiger partial charge in [0, 0.05) is 30.7 Å². The number of urea groups is 1. The van der Waals surface area contributed by atoms with E-state index in [-0.39, 0.29) is 0 Å². The number of hydrogen-bond donors (Lipinski definition) is 1. The maximum absolute atomic E-state index is 11.3. The van der Waals surface area contributed by atoms with Crippen LogP contribution in [0.1, 0.15) is 6.92 Å². The monoisotopic (exact) mass is 242 g/mol. The van der Waals surface area contributed by atoms with Gasteiger partial charge in [-0.25, -0.2) is 9.78 Å². The Bertz CT molecular complexity index is 542. The van der Waals surface area contributed by atoms with Crippen LogP contribution >= 0.6 is 0 Å². The fraction of sp³-hybridized carbons (Fsp3) is 0.154. The number of aromatic nitrogens is 2. The van der Waals surface area contributed by atoms with E-state index in [1.165, 1.54) is 4.90 Å². The summed E-state index contributed by atoms with van der Waals surface area (Å²) in [5, 5.41) is 0. The van der Waals surface area contributed by atoms with Crippen LogP contribution in [0.2, 0.25) is 0 Å². The molecule has 2 aromatic rings. The molecular formula is C13H14N4O. The molecule has 2 amide bonds. The number of amides is 2. The second-order valence-electron chi connectivity index (χ2n) is 3.73. The van der Waals surface area contributed by atoms with Gasteiger partial charge >= 0.3 is 6.03 Å². The van der Waals surface area contributed by atoms with Gasteiger partial charge in [-0.1, -0.05) is 6.07 Å². The van der Waals surface area contributed by atoms with Crippen molar-refractivity contribution in [3.63, 3.8) is 0 Å². The molecule has 18 heavy (non-hydrogen) atoms. The van der Waals surface area contributed by atoms with E-state index in [0.29, 0.717) is 12.4 Å². The average Bonchev–Trinajstić information content (AvgIpc) is 2.40. The second kappa shape index (κ2) is 5.27. The lowest BCUT2D eigenvalue weighted by Gasteiger charge is -2.17. The van der Waals surface area contributed by atoms with Gasteiger partial charge in [-0.2, -0.15) is 0 Å². The van der Waals surface area contributed by atoms with Gasteiger partial charge in [0.15, 0.2) is 0 Å². The molecular weight excluding hydrogens is 228 g/mol. The van der Waals surface area contributed by atoms with Gasteiger partial charge < -0.3 is 5.73 Å². The standard InChI is InChI=1S/C13H14N4O/c1-2-17(13(14)18)12-8-10(5-7-16-12)11-4-3-6-15-9-11/h3-9H,2H2,1H3,(H2,14,18). The molecule has 0 aliphatic heterocycles. The summed E-state index contributed by atoms with van der Waals surface area (Å²) in [6.45, 7) is 2.34. The van der Waals surface area contributed by atoms with Crippen molar-refractivity contribution in [2.24, 2.45) is 5.73 Å². The molecule has 0 spiro atoms. The summed E-state index contributed by atoms with van der Waals surface area (Å²) in [4.78, 5) is 20.9. The maximum atomic E-state index is 11.3. The molecule has 0 atom stereocenters. The third-order valence-electron chi connectivity index (χ3n) is 2.60. The van der Waals surface area contributed by atoms with E-state index in [9.17, 15) is 4.79 Å². The molecule has 0 saturated carbocycles. The molecule has 0 aliphatic carbocycles. The van der Waals surface area contributed by atoms with Crippen molar-refractivity contribution in [1.82, 2.24) is 9.97 Å². The highest BCUT2D eigenvalue weighted by atomic mass is 16.2. The van der Waals surface area contributed by atoms with Crippen LogP contribution in [0.25, 0.3) is 11.1 Å². The maximum Gasteiger partial charge on any atom is 0.320 e. The number of nitrogens with two attached hydrogens (primary N) is 1. The van der Waals surface area contributed by atoms with Crippen molar-refractivity contribution >= 4 is 11.8 Å². The first-order valence-corrected chi connectivity index (χ1v) is 5.65. The molecule has 0 unspecified atom stereocenters. The normalized spacial score (nSPS) is 10.1. The van der Waals surface area contributed by atoms with E-state index in [4.69, 9.17) is 5.73 Å². The van der Waals surface area contributed by atoms with E-state index in [1.807, 2.05) is 31.2 Å². The quantitative estimate of drug-likeness (QED) is 0.895. The van der Waals surface area contributed by atoms with Crippen LogP contribution in [0, 0.1) is 0 Å². The van der Waals surface area contributed by atoms with E-state index < -0.39 is 6.03 Å². The largest absolute Gasteiger partial charge is 0.351 e. The van der Waals surface area contributed by atoms with Crippen molar-refractivity contribution in [3.8, 4) is 11.1 Å². The zero-order valence-corrected chi connectivity index (χ0v) is 10.1. The Morgan fingerprint density at radius 3 is 2.78 bits per heavy atom. The van der Waals surface area contributed by atoms with Crippen molar-refractivity contribution in [2.45, 2.75) is 6.92 Å². The van der Waals surface area contributed by atoms with Gasteiger partial charge in [0.2, 0.25) is 0 Å². The van der Waals surface area contributed by atoms with E-state index in [1.54, 1.807) is 18.6 Å². The number of carbonyl (C=O) groups excluding carboxylic acids is 1. The summed E-state index contributed by atoms with van der Waals surface area (Å²) in [7, 11) is 0. The van der Waals surface area contributed by atoms with Crippen molar-refractivity contribution in [3.05, 3.63) is 42.9 Å². The number of anilines is 1. The van der Waals surface area contributed by atoms with Gasteiger partial charge in [-0.15, -0.1) is 0 Å². The molecule has 5 nitrogen and oxygen atoms in total. The molecule has 92 valence electrons. The van der Waals surface area contributed by atoms with Crippen LogP contribution in [0.15, 0.2) is 42.9 Å². The van der Waals surface area contributed by atoms with E-state index in [0.717, 1.165) is 11.1 Å². The third-order valence-corrected chi connectivity index (χ3v) is 2.60. The number of rotatable bonds is 3. The lowest BCUT2D eigenvalue weighted by atomic mass is 10.1. The Morgan fingerprint density at radius 2 is 2.17 bits per heavy atom. The highest BCUT2D eigenvalue weighted by molar-refractivity contribution is 5.90. The Hall–Kier alpha value is -2.43. The molecule has 5 heteroatoms. The van der Waals surface area contributed by atoms with Crippen LogP contribution < -0.4 is 10.6 Å². The van der Waals surface area contributed by atoms with Gasteiger partial charge in [0.25, 0.3) is 0 Å². The van der Waals surface area contributed by atoms with Crippen LogP contribution in [-0.4, -0.2) is 22.5 Å². The first-order chi connectivity index (χ1) is 8.72. The summed E-state index contributed by atoms with van der Waals surface area (Å²) in [5.41, 5.74) is 7.23. The van der Waals surface area contributed by atoms with Crippen LogP contribution in [0.3, 0.4) is 0 Å². The number of primary amides is 1. The topological polar surface area (TPSA) is 72.1 Å². The zero-order chi connectivity index (χ0) is 13.0. The first kappa shape index (κ1) is 12.0. The van der Waals surface area contributed by atoms with Crippen molar-refractivity contribution in [2.75, 3.05) is 11.4 Å². The average molecular weight is 242 g/mol. The predicted molar refractivity (Wildman–Crippen MR) is 70.1 cm³/mol. The van der Waals surface area contributed by atoms with E-state index >= 15 is 0 Å². The van der Waals surface area contributed by atoms with Gasteiger partial charge in [-0.3, -0.25) is 9.88 Å². The lowest BCUT2D eigenvalue weighted by molar-refractivity contribution is 0.254. The summed E-state index contributed by atoms with van der Waals surface area (Å²) in [6.07, 6.45) is 5.14. The summed E-state index contributed by atoms with van der Waals surface area (Å²) >= 11 is 0. The first-order valence-electron chi connectivity index (χ1n) is 5.65. The number of pyridine rings is 2. The highest BCUT2D eigenvalue weighted by Gasteiger charge is 2.11. The Balaban J connectivity index is 2.39. The van der Waals surface area contributed by atoms with Crippen molar-refractivity contribution < 1.29 is 4.79 Å². The lowest BCUT2D eigenvalue weighted by Crippen LogP contribution is -2.36. The molecule has 2 rings (SSSR count). The van der Waals surface area contributed by atoms with Crippen LogP contribution in [0.5, 0.6) is 0 Å². The fourth-order valence-electron chi connectivity index (χ4n) is 1.71. The minimum absolute atomic E-state index is 0.485. The molecule has 0 aromatic carbocycles. The molecule has 2 N–H and O–H groups in total. The van der Waals surface area contributed by atoms with Crippen molar-refractivity contribution in [1.29, 1.82) is 0 Å². The number of nitrogens with zero attached hydrogens (tertiary/aromatic N) is 3. The molecule has 2 aromatic heterocycles. The SMILES string of the molecule is CCN(C(N)=O)c1cc(-c2cccnc2)ccn1. The molecule has 0 bridgehead atoms. The summed E-state index contributed by atoms with van der Waals surface area (Å²) in [5.74, 6) is 0.548. The Kier molecular flexibility index (Phi) is 3.52. The van der Waals surface area contributed by atoms with Crippen LogP contribution in [0.4, 0.5) is 10.6 Å². The molecule has 0 aliphatic rings. The van der Waals surface area contributed by atoms with Gasteiger partial charge in [0.05, 0.1) is 0 Å². The molecule has 0 radical (unpaired) electrons. The molecule has 0 fully saturated rings. The Labute approximate surface area is 105 Å². The summed E-state index contributed by atoms with van der Waals surface area (Å²) in [6, 6.07) is 7.00.